The van der Waals surface area contributed by atoms with E-state index in [1.165, 1.54) is 5.56 Å². The number of benzene rings is 1. The van der Waals surface area contributed by atoms with Gasteiger partial charge in [-0.3, -0.25) is 9.97 Å². The fraction of sp³-hybridized carbons (Fsp3) is 0.190. The van der Waals surface area contributed by atoms with Crippen LogP contribution in [-0.2, 0) is 13.1 Å². The Hall–Kier alpha value is -2.79. The van der Waals surface area contributed by atoms with Crippen LogP contribution in [0.15, 0.2) is 67.1 Å². The van der Waals surface area contributed by atoms with E-state index in [1.54, 1.807) is 12.4 Å². The third kappa shape index (κ3) is 4.86. The molecule has 132 valence electrons. The molecule has 0 saturated heterocycles. The minimum Gasteiger partial charge on any atom is -0.339 e. The van der Waals surface area contributed by atoms with E-state index in [0.717, 1.165) is 22.5 Å². The molecule has 26 heavy (non-hydrogen) atoms. The van der Waals surface area contributed by atoms with Gasteiger partial charge in [-0.25, -0.2) is 0 Å². The highest BCUT2D eigenvalue weighted by molar-refractivity contribution is 7.80. The summed E-state index contributed by atoms with van der Waals surface area (Å²) < 4.78 is 0. The maximum absolute atomic E-state index is 5.73. The van der Waals surface area contributed by atoms with Gasteiger partial charge in [-0.2, -0.15) is 0 Å². The SMILES string of the molecule is Cc1ccc(C)c(NC(=S)N(Cc2cccnc2)Cc2ccccn2)c1. The molecule has 4 nitrogen and oxygen atoms in total. The Labute approximate surface area is 159 Å². The molecule has 2 heterocycles. The predicted octanol–water partition coefficient (Wildman–Crippen LogP) is 4.49. The van der Waals surface area contributed by atoms with Gasteiger partial charge >= 0.3 is 0 Å². The molecule has 0 aliphatic rings. The summed E-state index contributed by atoms with van der Waals surface area (Å²) >= 11 is 5.73. The van der Waals surface area contributed by atoms with Gasteiger partial charge in [-0.15, -0.1) is 0 Å². The smallest absolute Gasteiger partial charge is 0.174 e. The Balaban J connectivity index is 1.81. The Bertz CT molecular complexity index is 824. The first-order valence-corrected chi connectivity index (χ1v) is 8.94. The molecule has 5 heteroatoms. The molecule has 0 radical (unpaired) electrons. The van der Waals surface area contributed by atoms with Crippen molar-refractivity contribution in [3.63, 3.8) is 0 Å². The van der Waals surface area contributed by atoms with Crippen molar-refractivity contribution in [2.45, 2.75) is 26.9 Å². The maximum atomic E-state index is 5.73. The van der Waals surface area contributed by atoms with Gasteiger partial charge in [0.15, 0.2) is 5.11 Å². The maximum Gasteiger partial charge on any atom is 0.174 e. The molecule has 0 unspecified atom stereocenters. The van der Waals surface area contributed by atoms with E-state index in [9.17, 15) is 0 Å². The van der Waals surface area contributed by atoms with Crippen molar-refractivity contribution < 1.29 is 0 Å². The zero-order chi connectivity index (χ0) is 18.4. The van der Waals surface area contributed by atoms with E-state index in [2.05, 4.69) is 58.3 Å². The first-order valence-electron chi connectivity index (χ1n) is 8.54. The highest BCUT2D eigenvalue weighted by atomic mass is 32.1. The summed E-state index contributed by atoms with van der Waals surface area (Å²) in [7, 11) is 0. The molecule has 2 aromatic heterocycles. The quantitative estimate of drug-likeness (QED) is 0.677. The number of hydrogen-bond acceptors (Lipinski definition) is 3. The number of nitrogens with zero attached hydrogens (tertiary/aromatic N) is 3. The lowest BCUT2D eigenvalue weighted by molar-refractivity contribution is 0.407. The number of rotatable bonds is 5. The summed E-state index contributed by atoms with van der Waals surface area (Å²) in [6.45, 7) is 5.46. The van der Waals surface area contributed by atoms with Crippen LogP contribution in [0.1, 0.15) is 22.4 Å². The third-order valence-electron chi connectivity index (χ3n) is 4.10. The van der Waals surface area contributed by atoms with Crippen molar-refractivity contribution in [2.24, 2.45) is 0 Å². The van der Waals surface area contributed by atoms with E-state index >= 15 is 0 Å². The standard InChI is InChI=1S/C21H22N4S/c1-16-8-9-17(2)20(12-16)24-21(26)25(14-18-6-5-10-22-13-18)15-19-7-3-4-11-23-19/h3-13H,14-15H2,1-2H3,(H,24,26). The first kappa shape index (κ1) is 18.0. The van der Waals surface area contributed by atoms with E-state index in [0.29, 0.717) is 18.2 Å². The molecule has 0 bridgehead atoms. The van der Waals surface area contributed by atoms with Gasteiger partial charge in [0.2, 0.25) is 0 Å². The summed E-state index contributed by atoms with van der Waals surface area (Å²) in [5.74, 6) is 0. The predicted molar refractivity (Wildman–Crippen MR) is 110 cm³/mol. The Morgan fingerprint density at radius 2 is 1.92 bits per heavy atom. The van der Waals surface area contributed by atoms with Crippen molar-refractivity contribution in [1.29, 1.82) is 0 Å². The summed E-state index contributed by atoms with van der Waals surface area (Å²) in [6.07, 6.45) is 5.45. The van der Waals surface area contributed by atoms with Gasteiger partial charge in [-0.05, 0) is 67.0 Å². The van der Waals surface area contributed by atoms with Crippen LogP contribution in [-0.4, -0.2) is 20.0 Å². The molecule has 0 fully saturated rings. The number of aryl methyl sites for hydroxylation is 2. The molecule has 0 saturated carbocycles. The molecule has 0 aliphatic carbocycles. The van der Waals surface area contributed by atoms with Gasteiger partial charge in [0.1, 0.15) is 0 Å². The first-order chi connectivity index (χ1) is 12.6. The number of anilines is 1. The average molecular weight is 363 g/mol. The highest BCUT2D eigenvalue weighted by Gasteiger charge is 2.13. The number of hydrogen-bond donors (Lipinski definition) is 1. The van der Waals surface area contributed by atoms with Crippen LogP contribution in [0.3, 0.4) is 0 Å². The van der Waals surface area contributed by atoms with Crippen LogP contribution in [0.4, 0.5) is 5.69 Å². The second kappa shape index (κ2) is 8.54. The monoisotopic (exact) mass is 362 g/mol. The number of pyridine rings is 2. The second-order valence-electron chi connectivity index (χ2n) is 6.29. The van der Waals surface area contributed by atoms with Gasteiger partial charge in [0.25, 0.3) is 0 Å². The molecule has 1 N–H and O–H groups in total. The molecule has 3 aromatic rings. The molecule has 0 amide bonds. The van der Waals surface area contributed by atoms with Crippen LogP contribution in [0.2, 0.25) is 0 Å². The summed E-state index contributed by atoms with van der Waals surface area (Å²) in [5.41, 5.74) is 5.48. The molecule has 3 rings (SSSR count). The van der Waals surface area contributed by atoms with Gasteiger partial charge in [0, 0.05) is 30.8 Å². The Kier molecular flexibility index (Phi) is 5.92. The minimum atomic E-state index is 0.631. The molecule has 1 aromatic carbocycles. The van der Waals surface area contributed by atoms with Crippen molar-refractivity contribution in [1.82, 2.24) is 14.9 Å². The van der Waals surface area contributed by atoms with E-state index in [4.69, 9.17) is 12.2 Å². The van der Waals surface area contributed by atoms with Crippen molar-refractivity contribution in [3.05, 3.63) is 89.5 Å². The zero-order valence-electron chi connectivity index (χ0n) is 15.0. The van der Waals surface area contributed by atoms with Crippen LogP contribution in [0.25, 0.3) is 0 Å². The molecule has 0 spiro atoms. The van der Waals surface area contributed by atoms with Crippen LogP contribution in [0, 0.1) is 13.8 Å². The highest BCUT2D eigenvalue weighted by Crippen LogP contribution is 2.18. The third-order valence-corrected chi connectivity index (χ3v) is 4.46. The Morgan fingerprint density at radius 1 is 1.04 bits per heavy atom. The van der Waals surface area contributed by atoms with Crippen LogP contribution in [0.5, 0.6) is 0 Å². The van der Waals surface area contributed by atoms with E-state index < -0.39 is 0 Å². The molecular weight excluding hydrogens is 340 g/mol. The zero-order valence-corrected chi connectivity index (χ0v) is 15.8. The van der Waals surface area contributed by atoms with E-state index in [1.807, 2.05) is 30.5 Å². The fourth-order valence-electron chi connectivity index (χ4n) is 2.66. The lowest BCUT2D eigenvalue weighted by Gasteiger charge is -2.26. The lowest BCUT2D eigenvalue weighted by atomic mass is 10.1. The van der Waals surface area contributed by atoms with Crippen molar-refractivity contribution >= 4 is 23.0 Å². The van der Waals surface area contributed by atoms with E-state index in [-0.39, 0.29) is 0 Å². The Morgan fingerprint density at radius 3 is 2.65 bits per heavy atom. The minimum absolute atomic E-state index is 0.631. The van der Waals surface area contributed by atoms with Gasteiger partial charge < -0.3 is 10.2 Å². The van der Waals surface area contributed by atoms with Crippen LogP contribution >= 0.6 is 12.2 Å². The van der Waals surface area contributed by atoms with Gasteiger partial charge in [-0.1, -0.05) is 24.3 Å². The molecule has 0 atom stereocenters. The largest absolute Gasteiger partial charge is 0.339 e. The average Bonchev–Trinajstić information content (AvgIpc) is 2.66. The fourth-order valence-corrected chi connectivity index (χ4v) is 2.90. The summed E-state index contributed by atoms with van der Waals surface area (Å²) in [5, 5.41) is 4.08. The number of nitrogens with one attached hydrogen (secondary N) is 1. The van der Waals surface area contributed by atoms with Crippen molar-refractivity contribution in [3.8, 4) is 0 Å². The summed E-state index contributed by atoms with van der Waals surface area (Å²) in [6, 6.07) is 16.2. The lowest BCUT2D eigenvalue weighted by Crippen LogP contribution is -2.34. The van der Waals surface area contributed by atoms with Gasteiger partial charge in [0.05, 0.1) is 12.2 Å². The summed E-state index contributed by atoms with van der Waals surface area (Å²) in [4.78, 5) is 10.8. The molecular formula is C21H22N4S. The van der Waals surface area contributed by atoms with Crippen molar-refractivity contribution in [2.75, 3.05) is 5.32 Å². The topological polar surface area (TPSA) is 41.0 Å². The van der Waals surface area contributed by atoms with Crippen LogP contribution < -0.4 is 5.32 Å². The normalized spacial score (nSPS) is 10.4. The number of thiocarbonyl (C=S) groups is 1. The second-order valence-corrected chi connectivity index (χ2v) is 6.67. The molecule has 0 aliphatic heterocycles. The number of aromatic nitrogens is 2.